The van der Waals surface area contributed by atoms with Gasteiger partial charge in [0.1, 0.15) is 11.8 Å². The minimum absolute atomic E-state index is 0.293. The standard InChI is InChI=1S/C22H25N5O4/c1-31-20-5-3-2-4-19(20)26-8-10-27(11-9-26)22(30)18(13-28)25-21(29)15-6-7-16-17(12-15)24-14-23-16/h2-7,12,14,18,28H,8-11,13H2,1H3,(H,23,24)(H,25,29)/t18-/m0/s1. The van der Waals surface area contributed by atoms with Crippen molar-refractivity contribution in [2.45, 2.75) is 6.04 Å². The summed E-state index contributed by atoms with van der Waals surface area (Å²) >= 11 is 0. The minimum atomic E-state index is -0.997. The van der Waals surface area contributed by atoms with Crippen LogP contribution in [0.25, 0.3) is 11.0 Å². The highest BCUT2D eigenvalue weighted by atomic mass is 16.5. The number of hydrogen-bond donors (Lipinski definition) is 3. The first-order chi connectivity index (χ1) is 15.1. The van der Waals surface area contributed by atoms with E-state index in [0.717, 1.165) is 22.5 Å². The number of imidazole rings is 1. The zero-order valence-corrected chi connectivity index (χ0v) is 17.2. The number of aliphatic hydroxyl groups excluding tert-OH is 1. The van der Waals surface area contributed by atoms with E-state index in [1.807, 2.05) is 24.3 Å². The van der Waals surface area contributed by atoms with Gasteiger partial charge in [-0.2, -0.15) is 0 Å². The molecule has 3 N–H and O–H groups in total. The second-order valence-electron chi connectivity index (χ2n) is 7.33. The summed E-state index contributed by atoms with van der Waals surface area (Å²) in [5.74, 6) is 0.0757. The largest absolute Gasteiger partial charge is 0.495 e. The number of nitrogens with one attached hydrogen (secondary N) is 2. The number of fused-ring (bicyclic) bond motifs is 1. The molecule has 9 nitrogen and oxygen atoms in total. The first-order valence-corrected chi connectivity index (χ1v) is 10.1. The number of aliphatic hydroxyl groups is 1. The monoisotopic (exact) mass is 423 g/mol. The van der Waals surface area contributed by atoms with Gasteiger partial charge in [-0.3, -0.25) is 9.59 Å². The molecule has 1 aliphatic rings. The third-order valence-corrected chi connectivity index (χ3v) is 5.49. The van der Waals surface area contributed by atoms with Crippen LogP contribution in [0.3, 0.4) is 0 Å². The fraction of sp³-hybridized carbons (Fsp3) is 0.318. The van der Waals surface area contributed by atoms with Crippen LogP contribution in [0.1, 0.15) is 10.4 Å². The Bertz CT molecular complexity index is 1070. The van der Waals surface area contributed by atoms with Crippen molar-refractivity contribution in [1.29, 1.82) is 0 Å². The molecular weight excluding hydrogens is 398 g/mol. The highest BCUT2D eigenvalue weighted by Crippen LogP contribution is 2.28. The van der Waals surface area contributed by atoms with Crippen molar-refractivity contribution in [1.82, 2.24) is 20.2 Å². The second kappa shape index (κ2) is 9.05. The van der Waals surface area contributed by atoms with Crippen LogP contribution in [0.5, 0.6) is 5.75 Å². The van der Waals surface area contributed by atoms with Gasteiger partial charge in [-0.25, -0.2) is 4.98 Å². The third-order valence-electron chi connectivity index (χ3n) is 5.49. The molecule has 2 heterocycles. The van der Waals surface area contributed by atoms with Gasteiger partial charge in [-0.15, -0.1) is 0 Å². The molecule has 1 aliphatic heterocycles. The van der Waals surface area contributed by atoms with E-state index in [0.29, 0.717) is 31.7 Å². The van der Waals surface area contributed by atoms with Gasteiger partial charge in [0.05, 0.1) is 36.8 Å². The summed E-state index contributed by atoms with van der Waals surface area (Å²) in [5, 5.41) is 12.4. The number of carbonyl (C=O) groups excluding carboxylic acids is 2. The Labute approximate surface area is 179 Å². The highest BCUT2D eigenvalue weighted by molar-refractivity contribution is 5.99. The fourth-order valence-corrected chi connectivity index (χ4v) is 3.78. The molecule has 1 fully saturated rings. The summed E-state index contributed by atoms with van der Waals surface area (Å²) in [6.45, 7) is 1.78. The Morgan fingerprint density at radius 1 is 1.19 bits per heavy atom. The smallest absolute Gasteiger partial charge is 0.252 e. The Morgan fingerprint density at radius 3 is 2.71 bits per heavy atom. The first-order valence-electron chi connectivity index (χ1n) is 10.1. The summed E-state index contributed by atoms with van der Waals surface area (Å²) in [7, 11) is 1.64. The molecule has 0 bridgehead atoms. The van der Waals surface area contributed by atoms with Gasteiger partial charge < -0.3 is 29.9 Å². The Hall–Kier alpha value is -3.59. The maximum absolute atomic E-state index is 12.9. The molecule has 0 unspecified atom stereocenters. The SMILES string of the molecule is COc1ccccc1N1CCN(C(=O)[C@H](CO)NC(=O)c2ccc3nc[nH]c3c2)CC1. The number of amides is 2. The van der Waals surface area contributed by atoms with E-state index >= 15 is 0 Å². The number of nitrogens with zero attached hydrogens (tertiary/aromatic N) is 3. The quantitative estimate of drug-likeness (QED) is 0.546. The molecule has 3 aromatic rings. The number of anilines is 1. The van der Waals surface area contributed by atoms with E-state index in [9.17, 15) is 14.7 Å². The van der Waals surface area contributed by atoms with Crippen molar-refractivity contribution in [2.75, 3.05) is 44.8 Å². The summed E-state index contributed by atoms with van der Waals surface area (Å²) in [6, 6.07) is 11.8. The number of methoxy groups -OCH3 is 1. The molecule has 1 saturated heterocycles. The Kier molecular flexibility index (Phi) is 6.03. The number of H-pyrrole nitrogens is 1. The number of para-hydroxylation sites is 2. The van der Waals surface area contributed by atoms with Crippen molar-refractivity contribution >= 4 is 28.5 Å². The van der Waals surface area contributed by atoms with Crippen LogP contribution in [-0.2, 0) is 4.79 Å². The van der Waals surface area contributed by atoms with Crippen LogP contribution in [0.4, 0.5) is 5.69 Å². The lowest BCUT2D eigenvalue weighted by molar-refractivity contribution is -0.134. The molecule has 162 valence electrons. The van der Waals surface area contributed by atoms with Gasteiger partial charge in [0.15, 0.2) is 0 Å². The second-order valence-corrected chi connectivity index (χ2v) is 7.33. The van der Waals surface area contributed by atoms with E-state index in [1.165, 1.54) is 0 Å². The van der Waals surface area contributed by atoms with Crippen LogP contribution < -0.4 is 15.0 Å². The number of benzene rings is 2. The van der Waals surface area contributed by atoms with Crippen molar-refractivity contribution in [2.24, 2.45) is 0 Å². The molecule has 2 aromatic carbocycles. The molecule has 0 radical (unpaired) electrons. The predicted octanol–water partition coefficient (Wildman–Crippen LogP) is 1.01. The van der Waals surface area contributed by atoms with Crippen molar-refractivity contribution in [3.05, 3.63) is 54.4 Å². The lowest BCUT2D eigenvalue weighted by Crippen LogP contribution is -2.56. The van der Waals surface area contributed by atoms with Crippen LogP contribution >= 0.6 is 0 Å². The molecule has 1 atom stereocenters. The van der Waals surface area contributed by atoms with Crippen LogP contribution in [-0.4, -0.2) is 77.7 Å². The van der Waals surface area contributed by atoms with E-state index in [-0.39, 0.29) is 5.91 Å². The number of aromatic amines is 1. The zero-order chi connectivity index (χ0) is 21.8. The van der Waals surface area contributed by atoms with Crippen molar-refractivity contribution in [3.63, 3.8) is 0 Å². The lowest BCUT2D eigenvalue weighted by Gasteiger charge is -2.37. The van der Waals surface area contributed by atoms with E-state index in [1.54, 1.807) is 36.5 Å². The van der Waals surface area contributed by atoms with Crippen LogP contribution in [0.2, 0.25) is 0 Å². The van der Waals surface area contributed by atoms with Gasteiger partial charge in [0, 0.05) is 31.7 Å². The number of rotatable bonds is 6. The normalized spacial score (nSPS) is 15.0. The van der Waals surface area contributed by atoms with Gasteiger partial charge >= 0.3 is 0 Å². The molecule has 0 spiro atoms. The first kappa shape index (κ1) is 20.7. The number of aromatic nitrogens is 2. The lowest BCUT2D eigenvalue weighted by atomic mass is 10.1. The Morgan fingerprint density at radius 2 is 1.97 bits per heavy atom. The van der Waals surface area contributed by atoms with E-state index < -0.39 is 18.6 Å². The third kappa shape index (κ3) is 4.31. The maximum Gasteiger partial charge on any atom is 0.252 e. The molecule has 0 saturated carbocycles. The molecule has 2 amide bonds. The van der Waals surface area contributed by atoms with Crippen molar-refractivity contribution in [3.8, 4) is 5.75 Å². The summed E-state index contributed by atoms with van der Waals surface area (Å²) < 4.78 is 5.43. The number of ether oxygens (including phenoxy) is 1. The van der Waals surface area contributed by atoms with Crippen LogP contribution in [0.15, 0.2) is 48.8 Å². The highest BCUT2D eigenvalue weighted by Gasteiger charge is 2.29. The van der Waals surface area contributed by atoms with Crippen molar-refractivity contribution < 1.29 is 19.4 Å². The summed E-state index contributed by atoms with van der Waals surface area (Å²) in [4.78, 5) is 36.5. The van der Waals surface area contributed by atoms with Gasteiger partial charge in [-0.1, -0.05) is 12.1 Å². The molecule has 0 aliphatic carbocycles. The summed E-state index contributed by atoms with van der Waals surface area (Å²) in [6.07, 6.45) is 1.55. The number of carbonyl (C=O) groups is 2. The van der Waals surface area contributed by atoms with Gasteiger partial charge in [0.2, 0.25) is 5.91 Å². The number of hydrogen-bond acceptors (Lipinski definition) is 6. The van der Waals surface area contributed by atoms with E-state index in [4.69, 9.17) is 4.74 Å². The number of piperazine rings is 1. The molecule has 4 rings (SSSR count). The average Bonchev–Trinajstić information content (AvgIpc) is 3.30. The van der Waals surface area contributed by atoms with E-state index in [2.05, 4.69) is 20.2 Å². The molecule has 1 aromatic heterocycles. The van der Waals surface area contributed by atoms with Gasteiger partial charge in [0.25, 0.3) is 5.91 Å². The predicted molar refractivity (Wildman–Crippen MR) is 116 cm³/mol. The molecule has 31 heavy (non-hydrogen) atoms. The maximum atomic E-state index is 12.9. The average molecular weight is 423 g/mol. The minimum Gasteiger partial charge on any atom is -0.495 e. The van der Waals surface area contributed by atoms with Gasteiger partial charge in [-0.05, 0) is 30.3 Å². The molecular formula is C22H25N5O4. The Balaban J connectivity index is 1.38. The topological polar surface area (TPSA) is 111 Å². The molecule has 9 heteroatoms. The summed E-state index contributed by atoms with van der Waals surface area (Å²) in [5.41, 5.74) is 2.86. The zero-order valence-electron chi connectivity index (χ0n) is 17.2. The van der Waals surface area contributed by atoms with Crippen LogP contribution in [0, 0.1) is 0 Å². The fourth-order valence-electron chi connectivity index (χ4n) is 3.78.